The highest BCUT2D eigenvalue weighted by Crippen LogP contribution is 2.36. The van der Waals surface area contributed by atoms with Crippen molar-refractivity contribution in [1.82, 2.24) is 0 Å². The molecule has 0 saturated heterocycles. The lowest BCUT2D eigenvalue weighted by atomic mass is 10.0. The van der Waals surface area contributed by atoms with Crippen LogP contribution in [0.4, 0.5) is 0 Å². The maximum atomic E-state index is 6.05. The van der Waals surface area contributed by atoms with Crippen molar-refractivity contribution in [1.29, 1.82) is 0 Å². The van der Waals surface area contributed by atoms with Gasteiger partial charge in [-0.2, -0.15) is 0 Å². The molecule has 0 radical (unpaired) electrons. The molecule has 0 heterocycles. The van der Waals surface area contributed by atoms with E-state index in [0.717, 1.165) is 12.8 Å². The molecular weight excluding hydrogens is 252 g/mol. The third-order valence-electron chi connectivity index (χ3n) is 2.13. The third kappa shape index (κ3) is 3.12. The van der Waals surface area contributed by atoms with Crippen molar-refractivity contribution in [3.63, 3.8) is 0 Å². The molecule has 0 amide bonds. The molecule has 1 aromatic carbocycles. The van der Waals surface area contributed by atoms with Gasteiger partial charge in [0, 0.05) is 16.6 Å². The lowest BCUT2D eigenvalue weighted by Crippen LogP contribution is -2.11. The van der Waals surface area contributed by atoms with Crippen LogP contribution in [0.3, 0.4) is 0 Å². The summed E-state index contributed by atoms with van der Waals surface area (Å²) in [5, 5.41) is 1.48. The number of nitrogens with two attached hydrogens (primary N) is 1. The van der Waals surface area contributed by atoms with E-state index >= 15 is 0 Å². The Morgan fingerprint density at radius 3 is 2.47 bits per heavy atom. The summed E-state index contributed by atoms with van der Waals surface area (Å²) >= 11 is 18.0. The minimum atomic E-state index is -0.207. The van der Waals surface area contributed by atoms with E-state index in [-0.39, 0.29) is 6.04 Å². The van der Waals surface area contributed by atoms with Gasteiger partial charge < -0.3 is 5.73 Å². The van der Waals surface area contributed by atoms with Crippen LogP contribution in [0.25, 0.3) is 0 Å². The first-order chi connectivity index (χ1) is 7.07. The highest BCUT2D eigenvalue weighted by molar-refractivity contribution is 6.44. The zero-order valence-electron chi connectivity index (χ0n) is 8.14. The van der Waals surface area contributed by atoms with Gasteiger partial charge in [-0.15, -0.1) is 6.58 Å². The zero-order valence-corrected chi connectivity index (χ0v) is 10.4. The lowest BCUT2D eigenvalue weighted by Gasteiger charge is -2.15. The number of rotatable bonds is 4. The van der Waals surface area contributed by atoms with Crippen molar-refractivity contribution >= 4 is 34.8 Å². The van der Waals surface area contributed by atoms with Gasteiger partial charge in [0.05, 0.1) is 10.0 Å². The molecule has 1 rings (SSSR count). The summed E-state index contributed by atoms with van der Waals surface area (Å²) in [6, 6.07) is 3.16. The summed E-state index contributed by atoms with van der Waals surface area (Å²) in [6.45, 7) is 3.64. The van der Waals surface area contributed by atoms with Crippen molar-refractivity contribution in [3.8, 4) is 0 Å². The van der Waals surface area contributed by atoms with E-state index in [1.54, 1.807) is 12.1 Å². The van der Waals surface area contributed by atoms with Gasteiger partial charge in [0.15, 0.2) is 0 Å². The van der Waals surface area contributed by atoms with E-state index in [0.29, 0.717) is 20.6 Å². The molecule has 1 nitrogen and oxygen atoms in total. The number of hydrogen-bond donors (Lipinski definition) is 1. The maximum Gasteiger partial charge on any atom is 0.0654 e. The Hall–Kier alpha value is -0.210. The fraction of sp³-hybridized carbons (Fsp3) is 0.273. The van der Waals surface area contributed by atoms with Gasteiger partial charge in [-0.1, -0.05) is 40.9 Å². The summed E-state index contributed by atoms with van der Waals surface area (Å²) in [5.41, 5.74) is 6.69. The van der Waals surface area contributed by atoms with Crippen molar-refractivity contribution < 1.29 is 0 Å². The Morgan fingerprint density at radius 1 is 1.27 bits per heavy atom. The number of benzene rings is 1. The smallest absolute Gasteiger partial charge is 0.0654 e. The van der Waals surface area contributed by atoms with Gasteiger partial charge in [0.25, 0.3) is 0 Å². The van der Waals surface area contributed by atoms with E-state index in [4.69, 9.17) is 40.5 Å². The first-order valence-corrected chi connectivity index (χ1v) is 5.71. The minimum Gasteiger partial charge on any atom is -0.324 e. The molecule has 1 atom stereocenters. The Kier molecular flexibility index (Phi) is 4.94. The van der Waals surface area contributed by atoms with Gasteiger partial charge >= 0.3 is 0 Å². The molecule has 15 heavy (non-hydrogen) atoms. The van der Waals surface area contributed by atoms with Crippen LogP contribution in [-0.4, -0.2) is 0 Å². The Labute approximate surface area is 105 Å². The van der Waals surface area contributed by atoms with Gasteiger partial charge in [-0.05, 0) is 25.0 Å². The van der Waals surface area contributed by atoms with E-state index in [9.17, 15) is 0 Å². The third-order valence-corrected chi connectivity index (χ3v) is 3.28. The normalized spacial score (nSPS) is 12.5. The van der Waals surface area contributed by atoms with Crippen LogP contribution in [0.15, 0.2) is 24.8 Å². The largest absolute Gasteiger partial charge is 0.324 e. The standard InChI is InChI=1S/C11H12Cl3N/c1-2-3-4-9(15)10-7(12)5-6-8(13)11(10)14/h2,5-6,9H,1,3-4,15H2/t9-/m1/s1. The van der Waals surface area contributed by atoms with E-state index in [1.807, 2.05) is 6.08 Å². The fourth-order valence-electron chi connectivity index (χ4n) is 1.32. The molecule has 4 heteroatoms. The second-order valence-electron chi connectivity index (χ2n) is 3.23. The summed E-state index contributed by atoms with van der Waals surface area (Å²) < 4.78 is 0. The summed E-state index contributed by atoms with van der Waals surface area (Å²) in [6.07, 6.45) is 3.38. The molecule has 0 aliphatic carbocycles. The fourth-order valence-corrected chi connectivity index (χ4v) is 2.14. The summed E-state index contributed by atoms with van der Waals surface area (Å²) in [5.74, 6) is 0. The SMILES string of the molecule is C=CCC[C@@H](N)c1c(Cl)ccc(Cl)c1Cl. The molecule has 0 saturated carbocycles. The maximum absolute atomic E-state index is 6.05. The highest BCUT2D eigenvalue weighted by Gasteiger charge is 2.15. The topological polar surface area (TPSA) is 26.0 Å². The predicted molar refractivity (Wildman–Crippen MR) is 67.8 cm³/mol. The van der Waals surface area contributed by atoms with Crippen LogP contribution in [-0.2, 0) is 0 Å². The van der Waals surface area contributed by atoms with Crippen molar-refractivity contribution in [2.45, 2.75) is 18.9 Å². The van der Waals surface area contributed by atoms with Crippen LogP contribution in [0.1, 0.15) is 24.4 Å². The molecule has 0 aliphatic rings. The Bertz CT molecular complexity index is 363. The molecule has 1 aromatic rings. The van der Waals surface area contributed by atoms with Crippen LogP contribution in [0, 0.1) is 0 Å². The molecule has 82 valence electrons. The van der Waals surface area contributed by atoms with Gasteiger partial charge in [0.1, 0.15) is 0 Å². The van der Waals surface area contributed by atoms with Crippen LogP contribution < -0.4 is 5.73 Å². The summed E-state index contributed by atoms with van der Waals surface area (Å²) in [7, 11) is 0. The quantitative estimate of drug-likeness (QED) is 0.623. The number of allylic oxidation sites excluding steroid dienone is 1. The molecule has 0 aliphatic heterocycles. The van der Waals surface area contributed by atoms with Gasteiger partial charge in [-0.25, -0.2) is 0 Å². The highest BCUT2D eigenvalue weighted by atomic mass is 35.5. The first-order valence-electron chi connectivity index (χ1n) is 4.57. The zero-order chi connectivity index (χ0) is 11.4. The molecule has 0 aromatic heterocycles. The number of hydrogen-bond acceptors (Lipinski definition) is 1. The molecule has 0 spiro atoms. The van der Waals surface area contributed by atoms with Crippen molar-refractivity contribution in [2.24, 2.45) is 5.73 Å². The van der Waals surface area contributed by atoms with Crippen molar-refractivity contribution in [3.05, 3.63) is 45.4 Å². The van der Waals surface area contributed by atoms with E-state index in [1.165, 1.54) is 0 Å². The Morgan fingerprint density at radius 2 is 1.87 bits per heavy atom. The lowest BCUT2D eigenvalue weighted by molar-refractivity contribution is 0.662. The first kappa shape index (κ1) is 12.9. The molecule has 0 fully saturated rings. The van der Waals surface area contributed by atoms with Crippen molar-refractivity contribution in [2.75, 3.05) is 0 Å². The molecule has 0 unspecified atom stereocenters. The molecular formula is C11H12Cl3N. The molecule has 0 bridgehead atoms. The van der Waals surface area contributed by atoms with E-state index in [2.05, 4.69) is 6.58 Å². The average Bonchev–Trinajstić information content (AvgIpc) is 2.21. The predicted octanol–water partition coefficient (Wildman–Crippen LogP) is 4.61. The van der Waals surface area contributed by atoms with Crippen LogP contribution in [0.2, 0.25) is 15.1 Å². The van der Waals surface area contributed by atoms with E-state index < -0.39 is 0 Å². The second-order valence-corrected chi connectivity index (χ2v) is 4.42. The minimum absolute atomic E-state index is 0.207. The Balaban J connectivity index is 3.01. The monoisotopic (exact) mass is 263 g/mol. The molecule has 2 N–H and O–H groups in total. The van der Waals surface area contributed by atoms with Crippen LogP contribution >= 0.6 is 34.8 Å². The average molecular weight is 265 g/mol. The van der Waals surface area contributed by atoms with Gasteiger partial charge in [0.2, 0.25) is 0 Å². The number of halogens is 3. The summed E-state index contributed by atoms with van der Waals surface area (Å²) in [4.78, 5) is 0. The van der Waals surface area contributed by atoms with Gasteiger partial charge in [-0.3, -0.25) is 0 Å². The second kappa shape index (κ2) is 5.76. The van der Waals surface area contributed by atoms with Crippen LogP contribution in [0.5, 0.6) is 0 Å².